The summed E-state index contributed by atoms with van der Waals surface area (Å²) in [4.78, 5) is 4.33. The number of hydrogen-bond donors (Lipinski definition) is 1. The summed E-state index contributed by atoms with van der Waals surface area (Å²) in [6.07, 6.45) is 4.32. The minimum atomic E-state index is 0. The highest BCUT2D eigenvalue weighted by Gasteiger charge is 2.31. The van der Waals surface area contributed by atoms with Gasteiger partial charge in [0.05, 0.1) is 0 Å². The fourth-order valence-corrected chi connectivity index (χ4v) is 3.89. The Hall–Kier alpha value is 0.200. The van der Waals surface area contributed by atoms with Gasteiger partial charge in [0.2, 0.25) is 0 Å². The lowest BCUT2D eigenvalue weighted by molar-refractivity contribution is 0.162. The minimum Gasteiger partial charge on any atom is -0.314 e. The van der Waals surface area contributed by atoms with E-state index in [2.05, 4.69) is 28.6 Å². The second-order valence-corrected chi connectivity index (χ2v) is 6.40. The molecule has 5 heteroatoms. The zero-order valence-corrected chi connectivity index (χ0v) is 13.9. The van der Waals surface area contributed by atoms with Crippen LogP contribution in [-0.4, -0.2) is 31.1 Å². The van der Waals surface area contributed by atoms with Crippen LogP contribution in [0.4, 0.5) is 0 Å². The number of nitrogens with zero attached hydrogens (tertiary/aromatic N) is 1. The molecule has 110 valence electrons. The maximum absolute atomic E-state index is 3.46. The molecule has 1 aliphatic carbocycles. The van der Waals surface area contributed by atoms with Gasteiger partial charge in [-0.15, -0.1) is 36.2 Å². The summed E-state index contributed by atoms with van der Waals surface area (Å²) in [5.74, 6) is 1.01. The topological polar surface area (TPSA) is 15.3 Å². The van der Waals surface area contributed by atoms with Crippen LogP contribution in [0.15, 0.2) is 11.4 Å². The average Bonchev–Trinajstić information content (AvgIpc) is 3.09. The normalized spacial score (nSPS) is 21.3. The summed E-state index contributed by atoms with van der Waals surface area (Å²) in [6.45, 7) is 7.02. The van der Waals surface area contributed by atoms with Gasteiger partial charge >= 0.3 is 0 Å². The van der Waals surface area contributed by atoms with Gasteiger partial charge in [0, 0.05) is 37.1 Å². The van der Waals surface area contributed by atoms with Gasteiger partial charge in [0.1, 0.15) is 0 Å². The number of rotatable bonds is 4. The first kappa shape index (κ1) is 17.3. The number of piperazine rings is 1. The summed E-state index contributed by atoms with van der Waals surface area (Å²) in [7, 11) is 0. The summed E-state index contributed by atoms with van der Waals surface area (Å²) in [5, 5.41) is 5.72. The summed E-state index contributed by atoms with van der Waals surface area (Å²) >= 11 is 1.96. The van der Waals surface area contributed by atoms with Crippen molar-refractivity contribution in [2.45, 2.75) is 32.2 Å². The van der Waals surface area contributed by atoms with Crippen LogP contribution in [0.5, 0.6) is 0 Å². The van der Waals surface area contributed by atoms with Gasteiger partial charge < -0.3 is 5.32 Å². The third-order valence-corrected chi connectivity index (χ3v) is 5.17. The quantitative estimate of drug-likeness (QED) is 0.910. The van der Waals surface area contributed by atoms with E-state index < -0.39 is 0 Å². The lowest BCUT2D eigenvalue weighted by atomic mass is 10.0. The maximum atomic E-state index is 3.46. The Morgan fingerprint density at radius 1 is 1.32 bits per heavy atom. The highest BCUT2D eigenvalue weighted by molar-refractivity contribution is 7.10. The molecule has 1 aromatic rings. The molecule has 2 nitrogen and oxygen atoms in total. The van der Waals surface area contributed by atoms with Crippen LogP contribution >= 0.6 is 36.2 Å². The lowest BCUT2D eigenvalue weighted by Crippen LogP contribution is -2.45. The van der Waals surface area contributed by atoms with Crippen molar-refractivity contribution in [3.05, 3.63) is 21.9 Å². The molecule has 3 rings (SSSR count). The Morgan fingerprint density at radius 2 is 2.00 bits per heavy atom. The Labute approximate surface area is 132 Å². The van der Waals surface area contributed by atoms with E-state index in [4.69, 9.17) is 0 Å². The molecule has 2 fully saturated rings. The summed E-state index contributed by atoms with van der Waals surface area (Å²) in [6, 6.07) is 2.98. The Bertz CT molecular complexity index is 373. The van der Waals surface area contributed by atoms with Gasteiger partial charge in [-0.25, -0.2) is 0 Å². The SMILES string of the molecule is Cc1ccsc1[C@@H](CC1CC1)N1CCNCC1.Cl.Cl. The molecule has 0 amide bonds. The molecule has 19 heavy (non-hydrogen) atoms. The average molecular weight is 323 g/mol. The Morgan fingerprint density at radius 3 is 2.53 bits per heavy atom. The van der Waals surface area contributed by atoms with E-state index in [0.717, 1.165) is 19.0 Å². The van der Waals surface area contributed by atoms with Gasteiger partial charge in [0.15, 0.2) is 0 Å². The molecule has 1 N–H and O–H groups in total. The number of thiophene rings is 1. The monoisotopic (exact) mass is 322 g/mol. The second kappa shape index (κ2) is 7.84. The number of aryl methyl sites for hydroxylation is 1. The van der Waals surface area contributed by atoms with Crippen LogP contribution in [0, 0.1) is 12.8 Å². The smallest absolute Gasteiger partial charge is 0.0447 e. The number of hydrogen-bond acceptors (Lipinski definition) is 3. The van der Waals surface area contributed by atoms with E-state index in [1.54, 1.807) is 4.88 Å². The fourth-order valence-electron chi connectivity index (χ4n) is 2.81. The van der Waals surface area contributed by atoms with E-state index in [0.29, 0.717) is 6.04 Å². The summed E-state index contributed by atoms with van der Waals surface area (Å²) in [5.41, 5.74) is 1.50. The fraction of sp³-hybridized carbons (Fsp3) is 0.714. The van der Waals surface area contributed by atoms with Crippen molar-refractivity contribution in [3.63, 3.8) is 0 Å². The van der Waals surface area contributed by atoms with Crippen LogP contribution in [0.1, 0.15) is 35.7 Å². The molecule has 2 aliphatic rings. The third-order valence-electron chi connectivity index (χ3n) is 4.05. The number of nitrogens with one attached hydrogen (secondary N) is 1. The van der Waals surface area contributed by atoms with E-state index in [1.807, 2.05) is 11.3 Å². The summed E-state index contributed by atoms with van der Waals surface area (Å²) < 4.78 is 0. The molecule has 1 atom stereocenters. The Kier molecular flexibility index (Phi) is 7.12. The standard InChI is InChI=1S/C14H22N2S.2ClH/c1-11-4-9-17-14(11)13(10-12-2-3-12)16-7-5-15-6-8-16;;/h4,9,12-13,15H,2-3,5-8,10H2,1H3;2*1H/t13-;;/m1../s1. The van der Waals surface area contributed by atoms with Crippen molar-refractivity contribution in [1.82, 2.24) is 10.2 Å². The lowest BCUT2D eigenvalue weighted by Gasteiger charge is -2.35. The predicted octanol–water partition coefficient (Wildman–Crippen LogP) is 3.65. The van der Waals surface area contributed by atoms with Crippen LogP contribution < -0.4 is 5.32 Å². The molecule has 0 unspecified atom stereocenters. The zero-order chi connectivity index (χ0) is 11.7. The van der Waals surface area contributed by atoms with Gasteiger partial charge in [-0.1, -0.05) is 12.8 Å². The van der Waals surface area contributed by atoms with Gasteiger partial charge in [-0.2, -0.15) is 0 Å². The van der Waals surface area contributed by atoms with E-state index >= 15 is 0 Å². The first-order valence-electron chi connectivity index (χ1n) is 6.83. The molecule has 0 bridgehead atoms. The highest BCUT2D eigenvalue weighted by Crippen LogP contribution is 2.42. The van der Waals surface area contributed by atoms with Crippen molar-refractivity contribution in [1.29, 1.82) is 0 Å². The van der Waals surface area contributed by atoms with Crippen molar-refractivity contribution in [2.75, 3.05) is 26.2 Å². The van der Waals surface area contributed by atoms with Crippen LogP contribution in [0.3, 0.4) is 0 Å². The Balaban J connectivity index is 0.000000902. The molecular weight excluding hydrogens is 299 g/mol. The van der Waals surface area contributed by atoms with Crippen LogP contribution in [-0.2, 0) is 0 Å². The minimum absolute atomic E-state index is 0. The molecule has 0 radical (unpaired) electrons. The predicted molar refractivity (Wildman–Crippen MR) is 88.1 cm³/mol. The third kappa shape index (κ3) is 4.33. The van der Waals surface area contributed by atoms with Gasteiger partial charge in [0.25, 0.3) is 0 Å². The molecule has 2 heterocycles. The van der Waals surface area contributed by atoms with E-state index in [9.17, 15) is 0 Å². The molecule has 0 spiro atoms. The molecule has 1 aliphatic heterocycles. The van der Waals surface area contributed by atoms with Crippen LogP contribution in [0.2, 0.25) is 0 Å². The van der Waals surface area contributed by atoms with Crippen molar-refractivity contribution in [3.8, 4) is 0 Å². The molecular formula is C14H24Cl2N2S. The molecule has 0 aromatic carbocycles. The van der Waals surface area contributed by atoms with E-state index in [1.165, 1.54) is 37.9 Å². The van der Waals surface area contributed by atoms with Gasteiger partial charge in [-0.05, 0) is 36.3 Å². The molecule has 1 saturated carbocycles. The van der Waals surface area contributed by atoms with Crippen molar-refractivity contribution < 1.29 is 0 Å². The first-order valence-corrected chi connectivity index (χ1v) is 7.71. The van der Waals surface area contributed by atoms with Crippen molar-refractivity contribution in [2.24, 2.45) is 5.92 Å². The highest BCUT2D eigenvalue weighted by atomic mass is 35.5. The molecule has 1 aromatic heterocycles. The maximum Gasteiger partial charge on any atom is 0.0447 e. The largest absolute Gasteiger partial charge is 0.314 e. The number of halogens is 2. The second-order valence-electron chi connectivity index (χ2n) is 5.45. The van der Waals surface area contributed by atoms with E-state index in [-0.39, 0.29) is 24.8 Å². The first-order chi connectivity index (χ1) is 8.34. The van der Waals surface area contributed by atoms with Crippen molar-refractivity contribution >= 4 is 36.2 Å². The zero-order valence-electron chi connectivity index (χ0n) is 11.4. The van der Waals surface area contributed by atoms with Crippen LogP contribution in [0.25, 0.3) is 0 Å². The van der Waals surface area contributed by atoms with Gasteiger partial charge in [-0.3, -0.25) is 4.90 Å². The molecule has 1 saturated heterocycles.